The molecule has 0 fully saturated rings. The Kier molecular flexibility index (Phi) is 1.78. The highest BCUT2D eigenvalue weighted by molar-refractivity contribution is 4.97. The van der Waals surface area contributed by atoms with Crippen LogP contribution in [-0.4, -0.2) is 4.57 Å². The molecule has 1 rings (SSSR count). The quantitative estimate of drug-likeness (QED) is 0.494. The Bertz CT molecular complexity index is 234. The van der Waals surface area contributed by atoms with Gasteiger partial charge in [-0.05, 0) is 20.8 Å². The van der Waals surface area contributed by atoms with E-state index in [1.807, 2.05) is 0 Å². The van der Waals surface area contributed by atoms with E-state index in [0.717, 1.165) is 0 Å². The Morgan fingerprint density at radius 2 is 1.91 bits per heavy atom. The Balaban J connectivity index is 3.21. The first-order valence-corrected chi connectivity index (χ1v) is 3.94. The molecule has 0 spiro atoms. The van der Waals surface area contributed by atoms with Gasteiger partial charge in [0.1, 0.15) is 12.4 Å². The van der Waals surface area contributed by atoms with E-state index in [4.69, 9.17) is 0 Å². The van der Waals surface area contributed by atoms with Gasteiger partial charge in [-0.3, -0.25) is 0 Å². The zero-order valence-electron chi connectivity index (χ0n) is 8.05. The second-order valence-electron chi connectivity index (χ2n) is 4.09. The number of aromatic nitrogens is 2. The molecule has 11 heavy (non-hydrogen) atoms. The highest BCUT2D eigenvalue weighted by Crippen LogP contribution is 2.17. The SMILES string of the molecule is Cn1cc[n+](C)c1C(C)(C)C. The van der Waals surface area contributed by atoms with E-state index in [1.54, 1.807) is 0 Å². The maximum Gasteiger partial charge on any atom is 0.261 e. The van der Waals surface area contributed by atoms with Gasteiger partial charge in [0.15, 0.2) is 0 Å². The molecule has 0 N–H and O–H groups in total. The van der Waals surface area contributed by atoms with Crippen molar-refractivity contribution in [1.82, 2.24) is 4.57 Å². The van der Waals surface area contributed by atoms with Crippen LogP contribution in [0, 0.1) is 0 Å². The lowest BCUT2D eigenvalue weighted by molar-refractivity contribution is -0.682. The van der Waals surface area contributed by atoms with E-state index >= 15 is 0 Å². The fourth-order valence-corrected chi connectivity index (χ4v) is 1.65. The Labute approximate surface area is 68.5 Å². The highest BCUT2D eigenvalue weighted by atomic mass is 15.1. The zero-order valence-corrected chi connectivity index (χ0v) is 8.05. The van der Waals surface area contributed by atoms with Crippen molar-refractivity contribution in [3.8, 4) is 0 Å². The van der Waals surface area contributed by atoms with Gasteiger partial charge in [-0.25, -0.2) is 9.13 Å². The third-order valence-corrected chi connectivity index (χ3v) is 1.85. The minimum Gasteiger partial charge on any atom is -0.236 e. The van der Waals surface area contributed by atoms with Gasteiger partial charge in [0.2, 0.25) is 0 Å². The van der Waals surface area contributed by atoms with Crippen LogP contribution < -0.4 is 4.57 Å². The van der Waals surface area contributed by atoms with Crippen molar-refractivity contribution < 1.29 is 4.57 Å². The smallest absolute Gasteiger partial charge is 0.236 e. The van der Waals surface area contributed by atoms with Crippen molar-refractivity contribution in [1.29, 1.82) is 0 Å². The van der Waals surface area contributed by atoms with Crippen LogP contribution in [0.4, 0.5) is 0 Å². The summed E-state index contributed by atoms with van der Waals surface area (Å²) >= 11 is 0. The Morgan fingerprint density at radius 3 is 2.09 bits per heavy atom. The van der Waals surface area contributed by atoms with Gasteiger partial charge in [-0.15, -0.1) is 0 Å². The summed E-state index contributed by atoms with van der Waals surface area (Å²) in [6.45, 7) is 6.67. The molecule has 62 valence electrons. The van der Waals surface area contributed by atoms with E-state index in [1.165, 1.54) is 5.82 Å². The first-order chi connectivity index (χ1) is 4.93. The largest absolute Gasteiger partial charge is 0.261 e. The van der Waals surface area contributed by atoms with Gasteiger partial charge < -0.3 is 0 Å². The molecule has 2 nitrogen and oxygen atoms in total. The summed E-state index contributed by atoms with van der Waals surface area (Å²) in [5.41, 5.74) is 0.229. The van der Waals surface area contributed by atoms with Crippen molar-refractivity contribution in [3.63, 3.8) is 0 Å². The summed E-state index contributed by atoms with van der Waals surface area (Å²) in [6.07, 6.45) is 4.17. The van der Waals surface area contributed by atoms with Crippen molar-refractivity contribution in [2.45, 2.75) is 26.2 Å². The molecule has 1 aromatic heterocycles. The molecule has 0 aliphatic carbocycles. The lowest BCUT2D eigenvalue weighted by Gasteiger charge is -2.13. The topological polar surface area (TPSA) is 8.81 Å². The molecule has 1 aromatic rings. The van der Waals surface area contributed by atoms with E-state index < -0.39 is 0 Å². The molecule has 0 aromatic carbocycles. The maximum atomic E-state index is 2.22. The maximum absolute atomic E-state index is 2.22. The number of aryl methyl sites for hydroxylation is 2. The summed E-state index contributed by atoms with van der Waals surface area (Å²) in [5, 5.41) is 0. The number of hydrogen-bond acceptors (Lipinski definition) is 0. The standard InChI is InChI=1S/C9H17N2/c1-9(2,3)8-10(4)6-7-11(8)5/h6-7H,1-5H3/q+1. The third kappa shape index (κ3) is 1.44. The van der Waals surface area contributed by atoms with Gasteiger partial charge in [0.25, 0.3) is 5.82 Å². The number of imidazole rings is 1. The second-order valence-corrected chi connectivity index (χ2v) is 4.09. The summed E-state index contributed by atoms with van der Waals surface area (Å²) in [4.78, 5) is 0. The van der Waals surface area contributed by atoms with Crippen LogP contribution in [0.2, 0.25) is 0 Å². The second kappa shape index (κ2) is 2.36. The normalized spacial score (nSPS) is 12.1. The number of rotatable bonds is 0. The summed E-state index contributed by atoms with van der Waals surface area (Å²) in [6, 6.07) is 0. The third-order valence-electron chi connectivity index (χ3n) is 1.85. The molecule has 0 unspecified atom stereocenters. The fourth-order valence-electron chi connectivity index (χ4n) is 1.65. The summed E-state index contributed by atoms with van der Waals surface area (Å²) < 4.78 is 4.33. The zero-order chi connectivity index (χ0) is 8.65. The van der Waals surface area contributed by atoms with E-state index in [0.29, 0.717) is 0 Å². The van der Waals surface area contributed by atoms with Gasteiger partial charge in [-0.1, -0.05) is 0 Å². The molecule has 0 radical (unpaired) electrons. The lowest BCUT2D eigenvalue weighted by Crippen LogP contribution is -2.38. The molecule has 0 amide bonds. The van der Waals surface area contributed by atoms with Crippen LogP contribution in [0.3, 0.4) is 0 Å². The minimum atomic E-state index is 0.229. The van der Waals surface area contributed by atoms with Gasteiger partial charge >= 0.3 is 0 Å². The van der Waals surface area contributed by atoms with Crippen molar-refractivity contribution in [2.75, 3.05) is 0 Å². The molecular formula is C9H17N2+. The van der Waals surface area contributed by atoms with Crippen LogP contribution >= 0.6 is 0 Å². The van der Waals surface area contributed by atoms with Gasteiger partial charge in [0.05, 0.1) is 19.5 Å². The first kappa shape index (κ1) is 8.31. The predicted molar refractivity (Wildman–Crippen MR) is 45.3 cm³/mol. The number of hydrogen-bond donors (Lipinski definition) is 0. The van der Waals surface area contributed by atoms with Crippen LogP contribution in [0.25, 0.3) is 0 Å². The molecule has 2 heteroatoms. The minimum absolute atomic E-state index is 0.229. The lowest BCUT2D eigenvalue weighted by atomic mass is 9.95. The average Bonchev–Trinajstić information content (AvgIpc) is 2.08. The molecular weight excluding hydrogens is 136 g/mol. The summed E-state index contributed by atoms with van der Waals surface area (Å²) in [7, 11) is 4.17. The monoisotopic (exact) mass is 153 g/mol. The molecule has 0 bridgehead atoms. The van der Waals surface area contributed by atoms with Crippen molar-refractivity contribution in [3.05, 3.63) is 18.2 Å². The van der Waals surface area contributed by atoms with Crippen LogP contribution in [0.1, 0.15) is 26.6 Å². The number of nitrogens with zero attached hydrogens (tertiary/aromatic N) is 2. The van der Waals surface area contributed by atoms with E-state index in [2.05, 4.69) is 56.4 Å². The molecule has 0 saturated carbocycles. The summed E-state index contributed by atoms with van der Waals surface area (Å²) in [5.74, 6) is 1.34. The van der Waals surface area contributed by atoms with E-state index in [9.17, 15) is 0 Å². The van der Waals surface area contributed by atoms with Crippen LogP contribution in [0.15, 0.2) is 12.4 Å². The Morgan fingerprint density at radius 1 is 1.36 bits per heavy atom. The predicted octanol–water partition coefficient (Wildman–Crippen LogP) is 1.15. The molecule has 0 atom stereocenters. The van der Waals surface area contributed by atoms with Crippen LogP contribution in [0.5, 0.6) is 0 Å². The van der Waals surface area contributed by atoms with Crippen molar-refractivity contribution in [2.24, 2.45) is 14.1 Å². The molecule has 0 saturated heterocycles. The first-order valence-electron chi connectivity index (χ1n) is 3.94. The molecule has 0 aliphatic rings. The van der Waals surface area contributed by atoms with Gasteiger partial charge in [0, 0.05) is 0 Å². The highest BCUT2D eigenvalue weighted by Gasteiger charge is 2.26. The van der Waals surface area contributed by atoms with Gasteiger partial charge in [-0.2, -0.15) is 0 Å². The average molecular weight is 153 g/mol. The van der Waals surface area contributed by atoms with Crippen molar-refractivity contribution >= 4 is 0 Å². The fraction of sp³-hybridized carbons (Fsp3) is 0.667. The van der Waals surface area contributed by atoms with Crippen LogP contribution in [-0.2, 0) is 19.5 Å². The Hall–Kier alpha value is -0.790. The molecule has 0 aliphatic heterocycles. The van der Waals surface area contributed by atoms with E-state index in [-0.39, 0.29) is 5.41 Å². The molecule has 1 heterocycles.